The number of nitrogens with two attached hydrogens (primary N) is 1. The Morgan fingerprint density at radius 1 is 1.35 bits per heavy atom. The van der Waals surface area contributed by atoms with E-state index >= 15 is 0 Å². The second-order valence-corrected chi connectivity index (χ2v) is 4.47. The lowest BCUT2D eigenvalue weighted by atomic mass is 10.1. The number of fused-ring (bicyclic) bond motifs is 1. The molecule has 0 spiro atoms. The zero-order chi connectivity index (χ0) is 14.1. The molecule has 2 heterocycles. The van der Waals surface area contributed by atoms with Crippen molar-refractivity contribution >= 4 is 28.2 Å². The lowest BCUT2D eigenvalue weighted by Gasteiger charge is -2.08. The molecule has 3 rings (SSSR count). The van der Waals surface area contributed by atoms with Crippen molar-refractivity contribution in [3.63, 3.8) is 0 Å². The number of aromatic amines is 1. The number of H-pyrrole nitrogens is 1. The third-order valence-corrected chi connectivity index (χ3v) is 3.13. The quantitative estimate of drug-likeness (QED) is 0.662. The van der Waals surface area contributed by atoms with E-state index in [1.165, 1.54) is 0 Å². The van der Waals surface area contributed by atoms with Crippen molar-refractivity contribution < 1.29 is 4.79 Å². The summed E-state index contributed by atoms with van der Waals surface area (Å²) in [7, 11) is 0. The highest BCUT2D eigenvalue weighted by Gasteiger charge is 2.16. The predicted octanol–water partition coefficient (Wildman–Crippen LogP) is 2.10. The average molecular weight is 267 g/mol. The predicted molar refractivity (Wildman–Crippen MR) is 77.4 cm³/mol. The van der Waals surface area contributed by atoms with E-state index in [9.17, 15) is 4.79 Å². The third kappa shape index (κ3) is 1.97. The lowest BCUT2D eigenvalue weighted by Crippen LogP contribution is -2.14. The molecule has 1 aromatic carbocycles. The van der Waals surface area contributed by atoms with Gasteiger partial charge in [-0.2, -0.15) is 5.10 Å². The first-order valence-corrected chi connectivity index (χ1v) is 6.11. The molecule has 0 bridgehead atoms. The van der Waals surface area contributed by atoms with Crippen LogP contribution < -0.4 is 11.1 Å². The summed E-state index contributed by atoms with van der Waals surface area (Å²) in [6.07, 6.45) is 3.43. The highest BCUT2D eigenvalue weighted by Crippen LogP contribution is 2.23. The number of nitrogen functional groups attached to an aromatic ring is 1. The van der Waals surface area contributed by atoms with Gasteiger partial charge in [0.2, 0.25) is 0 Å². The normalized spacial score (nSPS) is 10.7. The van der Waals surface area contributed by atoms with Crippen LogP contribution in [0.25, 0.3) is 10.8 Å². The molecular formula is C14H13N5O. The van der Waals surface area contributed by atoms with Crippen LogP contribution in [0.4, 0.5) is 11.5 Å². The second-order valence-electron chi connectivity index (χ2n) is 4.47. The number of pyridine rings is 1. The Morgan fingerprint density at radius 3 is 2.95 bits per heavy atom. The molecular weight excluding hydrogens is 254 g/mol. The topological polar surface area (TPSA) is 96.7 Å². The number of hydrogen-bond donors (Lipinski definition) is 3. The summed E-state index contributed by atoms with van der Waals surface area (Å²) in [5.74, 6) is -0.0940. The van der Waals surface area contributed by atoms with E-state index < -0.39 is 0 Å². The van der Waals surface area contributed by atoms with Crippen LogP contribution in [0.1, 0.15) is 16.1 Å². The Labute approximate surface area is 115 Å². The van der Waals surface area contributed by atoms with E-state index in [0.29, 0.717) is 16.9 Å². The van der Waals surface area contributed by atoms with Crippen LogP contribution in [0.3, 0.4) is 0 Å². The van der Waals surface area contributed by atoms with Crippen molar-refractivity contribution in [2.24, 2.45) is 0 Å². The van der Waals surface area contributed by atoms with Gasteiger partial charge < -0.3 is 11.1 Å². The van der Waals surface area contributed by atoms with Crippen LogP contribution in [0.2, 0.25) is 0 Å². The molecule has 100 valence electrons. The van der Waals surface area contributed by atoms with E-state index in [1.54, 1.807) is 19.3 Å². The zero-order valence-corrected chi connectivity index (χ0v) is 10.8. The number of nitrogens with one attached hydrogen (secondary N) is 2. The van der Waals surface area contributed by atoms with Gasteiger partial charge in [0.1, 0.15) is 5.56 Å². The number of rotatable bonds is 2. The minimum absolute atomic E-state index is 0.193. The van der Waals surface area contributed by atoms with Gasteiger partial charge >= 0.3 is 0 Å². The van der Waals surface area contributed by atoms with E-state index in [0.717, 1.165) is 10.8 Å². The molecule has 0 radical (unpaired) electrons. The average Bonchev–Trinajstić information content (AvgIpc) is 2.78. The van der Waals surface area contributed by atoms with Crippen molar-refractivity contribution in [3.8, 4) is 0 Å². The molecule has 0 saturated carbocycles. The second kappa shape index (κ2) is 4.65. The van der Waals surface area contributed by atoms with Crippen LogP contribution in [-0.4, -0.2) is 21.1 Å². The van der Waals surface area contributed by atoms with Gasteiger partial charge in [-0.25, -0.2) is 0 Å². The number of hydrogen-bond acceptors (Lipinski definition) is 4. The summed E-state index contributed by atoms with van der Waals surface area (Å²) in [6, 6.07) is 7.56. The van der Waals surface area contributed by atoms with Crippen LogP contribution in [0.15, 0.2) is 36.7 Å². The fraction of sp³-hybridized carbons (Fsp3) is 0.0714. The van der Waals surface area contributed by atoms with Gasteiger partial charge in [0.25, 0.3) is 5.91 Å². The van der Waals surface area contributed by atoms with Crippen molar-refractivity contribution in [1.82, 2.24) is 15.2 Å². The van der Waals surface area contributed by atoms with Crippen LogP contribution in [0, 0.1) is 6.92 Å². The van der Waals surface area contributed by atoms with Crippen LogP contribution in [-0.2, 0) is 0 Å². The summed E-state index contributed by atoms with van der Waals surface area (Å²) < 4.78 is 0. The fourth-order valence-electron chi connectivity index (χ4n) is 2.14. The fourth-order valence-corrected chi connectivity index (χ4v) is 2.14. The van der Waals surface area contributed by atoms with Crippen LogP contribution in [0.5, 0.6) is 0 Å². The molecule has 3 aromatic rings. The minimum Gasteiger partial charge on any atom is -0.382 e. The van der Waals surface area contributed by atoms with Gasteiger partial charge in [-0.1, -0.05) is 12.1 Å². The Balaban J connectivity index is 2.00. The van der Waals surface area contributed by atoms with Crippen LogP contribution >= 0.6 is 0 Å². The Hall–Kier alpha value is -2.89. The summed E-state index contributed by atoms with van der Waals surface area (Å²) in [6.45, 7) is 1.75. The molecule has 4 N–H and O–H groups in total. The van der Waals surface area contributed by atoms with Crippen molar-refractivity contribution in [2.75, 3.05) is 11.1 Å². The number of aryl methyl sites for hydroxylation is 1. The molecule has 0 aliphatic carbocycles. The lowest BCUT2D eigenvalue weighted by molar-refractivity contribution is 0.102. The molecule has 0 saturated heterocycles. The smallest absolute Gasteiger partial charge is 0.261 e. The minimum atomic E-state index is -0.287. The Bertz CT molecular complexity index is 768. The Morgan fingerprint density at radius 2 is 2.20 bits per heavy atom. The highest BCUT2D eigenvalue weighted by atomic mass is 16.1. The maximum Gasteiger partial charge on any atom is 0.261 e. The largest absolute Gasteiger partial charge is 0.382 e. The van der Waals surface area contributed by atoms with E-state index in [-0.39, 0.29) is 11.7 Å². The summed E-state index contributed by atoms with van der Waals surface area (Å²) >= 11 is 0. The van der Waals surface area contributed by atoms with Gasteiger partial charge in [-0.3, -0.25) is 14.9 Å². The summed E-state index contributed by atoms with van der Waals surface area (Å²) in [4.78, 5) is 16.4. The van der Waals surface area contributed by atoms with E-state index in [2.05, 4.69) is 20.5 Å². The molecule has 20 heavy (non-hydrogen) atoms. The zero-order valence-electron chi connectivity index (χ0n) is 10.8. The van der Waals surface area contributed by atoms with Crippen molar-refractivity contribution in [2.45, 2.75) is 6.92 Å². The van der Waals surface area contributed by atoms with Gasteiger partial charge in [-0.15, -0.1) is 0 Å². The van der Waals surface area contributed by atoms with Gasteiger partial charge in [0.05, 0.1) is 5.69 Å². The van der Waals surface area contributed by atoms with Gasteiger partial charge in [0, 0.05) is 23.5 Å². The summed E-state index contributed by atoms with van der Waals surface area (Å²) in [5.41, 5.74) is 7.39. The first-order valence-electron chi connectivity index (χ1n) is 6.11. The SMILES string of the molecule is Cc1[nH]nc(N)c1C(=O)Nc1cccc2ccncc12. The van der Waals surface area contributed by atoms with Crippen molar-refractivity contribution in [3.05, 3.63) is 47.9 Å². The van der Waals surface area contributed by atoms with E-state index in [4.69, 9.17) is 5.73 Å². The molecule has 1 amide bonds. The number of nitrogens with zero attached hydrogens (tertiary/aromatic N) is 2. The maximum atomic E-state index is 12.3. The molecule has 0 aliphatic heterocycles. The van der Waals surface area contributed by atoms with E-state index in [1.807, 2.05) is 24.3 Å². The highest BCUT2D eigenvalue weighted by molar-refractivity contribution is 6.11. The maximum absolute atomic E-state index is 12.3. The first kappa shape index (κ1) is 12.2. The first-order chi connectivity index (χ1) is 9.66. The summed E-state index contributed by atoms with van der Waals surface area (Å²) in [5, 5.41) is 11.3. The number of aromatic nitrogens is 3. The molecule has 6 heteroatoms. The number of carbonyl (C=O) groups is 1. The molecule has 0 unspecified atom stereocenters. The molecule has 6 nitrogen and oxygen atoms in total. The monoisotopic (exact) mass is 267 g/mol. The van der Waals surface area contributed by atoms with Gasteiger partial charge in [-0.05, 0) is 24.4 Å². The number of amides is 1. The number of anilines is 2. The van der Waals surface area contributed by atoms with Crippen molar-refractivity contribution in [1.29, 1.82) is 0 Å². The Kier molecular flexibility index (Phi) is 2.83. The number of carbonyl (C=O) groups excluding carboxylic acids is 1. The third-order valence-electron chi connectivity index (χ3n) is 3.13. The van der Waals surface area contributed by atoms with Gasteiger partial charge in [0.15, 0.2) is 5.82 Å². The standard InChI is InChI=1S/C14H13N5O/c1-8-12(13(15)19-18-8)14(20)17-11-4-2-3-9-5-6-16-7-10(9)11/h2-7H,1H3,(H,17,20)(H3,15,18,19). The molecule has 0 aliphatic rings. The molecule has 0 atom stereocenters. The molecule has 0 fully saturated rings. The molecule has 2 aromatic heterocycles. The number of benzene rings is 1.